The normalized spacial score (nSPS) is 18.1. The quantitative estimate of drug-likeness (QED) is 0.435. The highest BCUT2D eigenvalue weighted by molar-refractivity contribution is 7.80. The van der Waals surface area contributed by atoms with Crippen LogP contribution in [0.1, 0.15) is 30.7 Å². The van der Waals surface area contributed by atoms with Crippen LogP contribution in [0.25, 0.3) is 11.3 Å². The van der Waals surface area contributed by atoms with Crippen molar-refractivity contribution >= 4 is 40.2 Å². The van der Waals surface area contributed by atoms with Gasteiger partial charge in [0.1, 0.15) is 0 Å². The number of aromatic nitrogens is 3. The van der Waals surface area contributed by atoms with Gasteiger partial charge in [0.25, 0.3) is 0 Å². The summed E-state index contributed by atoms with van der Waals surface area (Å²) in [5.41, 5.74) is 3.95. The van der Waals surface area contributed by atoms with Crippen LogP contribution in [-0.2, 0) is 12.6 Å². The first-order valence-electron chi connectivity index (χ1n) is 12.2. The van der Waals surface area contributed by atoms with Crippen LogP contribution in [0.3, 0.4) is 0 Å². The fourth-order valence-corrected chi connectivity index (χ4v) is 5.13. The number of halogens is 3. The van der Waals surface area contributed by atoms with E-state index in [2.05, 4.69) is 44.2 Å². The monoisotopic (exact) mass is 527 g/mol. The predicted molar refractivity (Wildman–Crippen MR) is 144 cm³/mol. The average molecular weight is 528 g/mol. The van der Waals surface area contributed by atoms with E-state index in [1.807, 2.05) is 19.2 Å². The maximum Gasteiger partial charge on any atom is 0.416 e. The van der Waals surface area contributed by atoms with E-state index < -0.39 is 11.7 Å². The molecule has 0 radical (unpaired) electrons. The van der Waals surface area contributed by atoms with Crippen molar-refractivity contribution in [1.82, 2.24) is 19.9 Å². The SMILES string of the molecule is CCN1CCN(c2cnc(C)c(Nc3ncc4c(n3)-c3ccc(C(F)(F)F)cc3NC(=S)C4)c2)CC1C. The Bertz CT molecular complexity index is 1340. The molecule has 1 atom stereocenters. The van der Waals surface area contributed by atoms with Crippen molar-refractivity contribution in [3.63, 3.8) is 0 Å². The predicted octanol–water partition coefficient (Wildman–Crippen LogP) is 5.44. The number of hydrogen-bond donors (Lipinski definition) is 2. The maximum atomic E-state index is 13.3. The number of rotatable bonds is 4. The highest BCUT2D eigenvalue weighted by Crippen LogP contribution is 2.38. The molecule has 7 nitrogen and oxygen atoms in total. The molecule has 2 aliphatic heterocycles. The number of likely N-dealkylation sites (N-methyl/N-ethyl adjacent to an activating group) is 1. The summed E-state index contributed by atoms with van der Waals surface area (Å²) in [5.74, 6) is 0.337. The molecule has 0 amide bonds. The van der Waals surface area contributed by atoms with E-state index >= 15 is 0 Å². The second-order valence-corrected chi connectivity index (χ2v) is 9.92. The Morgan fingerprint density at radius 1 is 1.16 bits per heavy atom. The number of nitrogens with one attached hydrogen (secondary N) is 2. The molecule has 2 N–H and O–H groups in total. The van der Waals surface area contributed by atoms with Crippen LogP contribution in [0.15, 0.2) is 36.7 Å². The molecule has 1 saturated heterocycles. The Kier molecular flexibility index (Phi) is 6.76. The van der Waals surface area contributed by atoms with Crippen molar-refractivity contribution in [1.29, 1.82) is 0 Å². The van der Waals surface area contributed by atoms with Crippen LogP contribution in [0.4, 0.5) is 36.2 Å². The summed E-state index contributed by atoms with van der Waals surface area (Å²) in [6.07, 6.45) is -0.571. The van der Waals surface area contributed by atoms with E-state index in [-0.39, 0.29) is 5.69 Å². The molecule has 2 aliphatic rings. The summed E-state index contributed by atoms with van der Waals surface area (Å²) in [4.78, 5) is 19.0. The summed E-state index contributed by atoms with van der Waals surface area (Å²) < 4.78 is 39.9. The van der Waals surface area contributed by atoms with Gasteiger partial charge in [-0.1, -0.05) is 25.2 Å². The van der Waals surface area contributed by atoms with Crippen molar-refractivity contribution in [2.24, 2.45) is 0 Å². The summed E-state index contributed by atoms with van der Waals surface area (Å²) in [6, 6.07) is 6.06. The van der Waals surface area contributed by atoms with Crippen molar-refractivity contribution in [2.45, 2.75) is 39.4 Å². The molecule has 1 aromatic carbocycles. The van der Waals surface area contributed by atoms with Crippen molar-refractivity contribution in [3.8, 4) is 11.3 Å². The van der Waals surface area contributed by atoms with E-state index in [0.29, 0.717) is 34.7 Å². The zero-order valence-corrected chi connectivity index (χ0v) is 21.7. The minimum Gasteiger partial charge on any atom is -0.367 e. The molecule has 1 unspecified atom stereocenters. The Hall–Kier alpha value is -3.31. The third-order valence-corrected chi connectivity index (χ3v) is 7.19. The number of pyridine rings is 1. The molecule has 0 spiro atoms. The highest BCUT2D eigenvalue weighted by Gasteiger charge is 2.32. The van der Waals surface area contributed by atoms with E-state index in [4.69, 9.17) is 17.2 Å². The number of hydrogen-bond acceptors (Lipinski definition) is 7. The zero-order valence-electron chi connectivity index (χ0n) is 20.9. The van der Waals surface area contributed by atoms with Gasteiger partial charge < -0.3 is 15.5 Å². The molecular weight excluding hydrogens is 499 g/mol. The molecule has 1 fully saturated rings. The van der Waals surface area contributed by atoms with Crippen LogP contribution < -0.4 is 15.5 Å². The lowest BCUT2D eigenvalue weighted by molar-refractivity contribution is -0.137. The molecule has 37 heavy (non-hydrogen) atoms. The smallest absolute Gasteiger partial charge is 0.367 e. The van der Waals surface area contributed by atoms with Crippen LogP contribution in [0.2, 0.25) is 0 Å². The van der Waals surface area contributed by atoms with Gasteiger partial charge in [0, 0.05) is 55.1 Å². The lowest BCUT2D eigenvalue weighted by Gasteiger charge is -2.40. The van der Waals surface area contributed by atoms with Gasteiger partial charge >= 0.3 is 6.18 Å². The molecule has 11 heteroatoms. The van der Waals surface area contributed by atoms with E-state index in [9.17, 15) is 13.2 Å². The summed E-state index contributed by atoms with van der Waals surface area (Å²) in [5, 5.41) is 6.21. The first-order valence-corrected chi connectivity index (χ1v) is 12.6. The first kappa shape index (κ1) is 25.3. The molecule has 0 bridgehead atoms. The number of alkyl halides is 3. The zero-order chi connectivity index (χ0) is 26.3. The second-order valence-electron chi connectivity index (χ2n) is 9.43. The minimum atomic E-state index is -4.46. The van der Waals surface area contributed by atoms with Gasteiger partial charge in [0.15, 0.2) is 0 Å². The number of benzene rings is 1. The molecule has 0 saturated carbocycles. The highest BCUT2D eigenvalue weighted by atomic mass is 32.1. The first-order chi connectivity index (χ1) is 17.6. The second kappa shape index (κ2) is 9.86. The Labute approximate surface area is 219 Å². The summed E-state index contributed by atoms with van der Waals surface area (Å²) in [6.45, 7) is 10.2. The summed E-state index contributed by atoms with van der Waals surface area (Å²) >= 11 is 5.36. The van der Waals surface area contributed by atoms with Gasteiger partial charge in [0.05, 0.1) is 39.5 Å². The van der Waals surface area contributed by atoms with Gasteiger partial charge in [-0.25, -0.2) is 9.97 Å². The molecular formula is C26H28F3N7S. The molecule has 0 aliphatic carbocycles. The van der Waals surface area contributed by atoms with E-state index in [1.54, 1.807) is 6.20 Å². The fourth-order valence-electron chi connectivity index (χ4n) is 4.87. The van der Waals surface area contributed by atoms with E-state index in [0.717, 1.165) is 60.9 Å². The number of anilines is 4. The molecule has 5 rings (SSSR count). The lowest BCUT2D eigenvalue weighted by atomic mass is 10.0. The summed E-state index contributed by atoms with van der Waals surface area (Å²) in [7, 11) is 0. The Balaban J connectivity index is 1.46. The largest absolute Gasteiger partial charge is 0.416 e. The van der Waals surface area contributed by atoms with Gasteiger partial charge in [-0.2, -0.15) is 13.2 Å². The fraction of sp³-hybridized carbons (Fsp3) is 0.385. The number of nitrogens with zero attached hydrogens (tertiary/aromatic N) is 5. The lowest BCUT2D eigenvalue weighted by Crippen LogP contribution is -2.51. The Morgan fingerprint density at radius 2 is 1.97 bits per heavy atom. The average Bonchev–Trinajstić information content (AvgIpc) is 2.99. The van der Waals surface area contributed by atoms with Crippen LogP contribution in [-0.4, -0.2) is 57.1 Å². The van der Waals surface area contributed by atoms with Crippen LogP contribution in [0.5, 0.6) is 0 Å². The van der Waals surface area contributed by atoms with Crippen molar-refractivity contribution in [2.75, 3.05) is 41.7 Å². The minimum absolute atomic E-state index is 0.281. The van der Waals surface area contributed by atoms with E-state index in [1.165, 1.54) is 6.07 Å². The maximum absolute atomic E-state index is 13.3. The topological polar surface area (TPSA) is 69.2 Å². The van der Waals surface area contributed by atoms with Gasteiger partial charge in [-0.05, 0) is 38.6 Å². The molecule has 4 heterocycles. The number of thiocarbonyl (C=S) groups is 1. The van der Waals surface area contributed by atoms with Gasteiger partial charge in [-0.3, -0.25) is 9.88 Å². The van der Waals surface area contributed by atoms with Crippen LogP contribution >= 0.6 is 12.2 Å². The number of piperazine rings is 1. The van der Waals surface area contributed by atoms with Crippen molar-refractivity contribution < 1.29 is 13.2 Å². The van der Waals surface area contributed by atoms with Crippen LogP contribution in [0, 0.1) is 6.92 Å². The molecule has 2 aromatic heterocycles. The van der Waals surface area contributed by atoms with Gasteiger partial charge in [-0.15, -0.1) is 0 Å². The number of aryl methyl sites for hydroxylation is 1. The Morgan fingerprint density at radius 3 is 2.70 bits per heavy atom. The standard InChI is InChI=1S/C26H28F3N7S/c1-4-35-7-8-36(14-15(35)2)19-11-21(16(3)30-13-19)33-25-31-12-17-9-23(37)32-22-10-18(26(27,28)29)5-6-20(22)24(17)34-25/h5-6,10-13,15H,4,7-9,14H2,1-3H3,(H,32,37)(H,31,33,34). The van der Waals surface area contributed by atoms with Gasteiger partial charge in [0.2, 0.25) is 5.95 Å². The molecule has 3 aromatic rings. The third kappa shape index (κ3) is 5.24. The third-order valence-electron chi connectivity index (χ3n) is 6.95. The van der Waals surface area contributed by atoms with Crippen molar-refractivity contribution in [3.05, 3.63) is 53.5 Å². The number of fused-ring (bicyclic) bond motifs is 3. The molecule has 194 valence electrons.